The summed E-state index contributed by atoms with van der Waals surface area (Å²) in [5.41, 5.74) is 3.22. The van der Waals surface area contributed by atoms with Gasteiger partial charge < -0.3 is 20.3 Å². The van der Waals surface area contributed by atoms with Gasteiger partial charge in [0.15, 0.2) is 0 Å². The average molecular weight is 393 g/mol. The summed E-state index contributed by atoms with van der Waals surface area (Å²) >= 11 is 0. The maximum Gasteiger partial charge on any atom is 0.246 e. The summed E-state index contributed by atoms with van der Waals surface area (Å²) in [6.45, 7) is 6.31. The van der Waals surface area contributed by atoms with Gasteiger partial charge in [-0.15, -0.1) is 0 Å². The predicted octanol–water partition coefficient (Wildman–Crippen LogP) is 2.87. The normalized spacial score (nSPS) is 25.3. The van der Waals surface area contributed by atoms with Gasteiger partial charge in [-0.1, -0.05) is 18.2 Å². The zero-order valence-corrected chi connectivity index (χ0v) is 17.2. The van der Waals surface area contributed by atoms with Crippen LogP contribution in [-0.4, -0.2) is 48.1 Å². The second-order valence-corrected chi connectivity index (χ2v) is 7.95. The smallest absolute Gasteiger partial charge is 0.246 e. The summed E-state index contributed by atoms with van der Waals surface area (Å²) < 4.78 is 6.04. The highest BCUT2D eigenvalue weighted by atomic mass is 16.5. The molecule has 3 heterocycles. The third-order valence-corrected chi connectivity index (χ3v) is 5.68. The Labute approximate surface area is 172 Å². The fourth-order valence-corrected chi connectivity index (χ4v) is 3.80. The van der Waals surface area contributed by atoms with E-state index >= 15 is 0 Å². The van der Waals surface area contributed by atoms with Crippen molar-refractivity contribution < 1.29 is 9.53 Å². The summed E-state index contributed by atoms with van der Waals surface area (Å²) in [5.74, 6) is 2.02. The van der Waals surface area contributed by atoms with E-state index in [1.165, 1.54) is 5.57 Å². The van der Waals surface area contributed by atoms with Crippen molar-refractivity contribution in [1.29, 1.82) is 0 Å². The van der Waals surface area contributed by atoms with E-state index in [4.69, 9.17) is 4.74 Å². The van der Waals surface area contributed by atoms with Crippen molar-refractivity contribution in [3.05, 3.63) is 65.1 Å². The number of ether oxygens (including phenoxy) is 1. The van der Waals surface area contributed by atoms with Crippen molar-refractivity contribution in [2.75, 3.05) is 25.5 Å². The molecule has 0 spiro atoms. The molecule has 6 nitrogen and oxygen atoms in total. The van der Waals surface area contributed by atoms with Crippen molar-refractivity contribution in [3.63, 3.8) is 0 Å². The van der Waals surface area contributed by atoms with Crippen LogP contribution < -0.4 is 10.6 Å². The van der Waals surface area contributed by atoms with Crippen LogP contribution in [0.4, 0.5) is 5.82 Å². The van der Waals surface area contributed by atoms with Gasteiger partial charge in [0.2, 0.25) is 5.91 Å². The third-order valence-electron chi connectivity index (χ3n) is 5.68. The number of allylic oxidation sites excluding steroid dienone is 2. The Morgan fingerprint density at radius 3 is 3.03 bits per heavy atom. The molecule has 1 amide bonds. The first kappa shape index (κ1) is 19.5. The van der Waals surface area contributed by atoms with Gasteiger partial charge >= 0.3 is 0 Å². The molecule has 152 valence electrons. The van der Waals surface area contributed by atoms with Gasteiger partial charge in [-0.05, 0) is 43.2 Å². The summed E-state index contributed by atoms with van der Waals surface area (Å²) in [4.78, 5) is 18.8. The molecule has 0 saturated carbocycles. The van der Waals surface area contributed by atoms with E-state index in [0.29, 0.717) is 12.6 Å². The molecule has 4 rings (SSSR count). The minimum Gasteiger partial charge on any atom is -0.488 e. The number of nitrogens with one attached hydrogen (secondary N) is 2. The lowest BCUT2D eigenvalue weighted by atomic mass is 9.92. The van der Waals surface area contributed by atoms with Gasteiger partial charge in [0.25, 0.3) is 0 Å². The Morgan fingerprint density at radius 1 is 1.38 bits per heavy atom. The van der Waals surface area contributed by atoms with Crippen LogP contribution in [0.3, 0.4) is 0 Å². The quantitative estimate of drug-likeness (QED) is 0.772. The van der Waals surface area contributed by atoms with E-state index in [-0.39, 0.29) is 17.9 Å². The topological polar surface area (TPSA) is 66.5 Å². The molecule has 29 heavy (non-hydrogen) atoms. The molecule has 3 atom stereocenters. The number of anilines is 1. The number of nitrogens with zero attached hydrogens (tertiary/aromatic N) is 2. The minimum absolute atomic E-state index is 0.0598. The summed E-state index contributed by atoms with van der Waals surface area (Å²) in [5, 5.41) is 6.80. The first-order valence-corrected chi connectivity index (χ1v) is 10.1. The van der Waals surface area contributed by atoms with E-state index in [1.54, 1.807) is 24.2 Å². The van der Waals surface area contributed by atoms with Crippen LogP contribution in [0.2, 0.25) is 0 Å². The average Bonchev–Trinajstić information content (AvgIpc) is 2.92. The molecule has 0 saturated heterocycles. The Bertz CT molecular complexity index is 915. The fourth-order valence-electron chi connectivity index (χ4n) is 3.80. The van der Waals surface area contributed by atoms with Gasteiger partial charge in [0.05, 0.1) is 6.54 Å². The Balaban J connectivity index is 1.39. The number of rotatable bonds is 4. The van der Waals surface area contributed by atoms with Crippen LogP contribution in [0.25, 0.3) is 6.08 Å². The largest absolute Gasteiger partial charge is 0.488 e. The first-order chi connectivity index (χ1) is 14.0. The number of fused-ring (bicyclic) bond motifs is 2. The van der Waals surface area contributed by atoms with Crippen molar-refractivity contribution in [2.45, 2.75) is 32.5 Å². The fraction of sp³-hybridized carbons (Fsp3) is 0.391. The van der Waals surface area contributed by atoms with Crippen LogP contribution in [0.15, 0.2) is 54.0 Å². The Hall–Kier alpha value is -2.86. The molecule has 0 radical (unpaired) electrons. The molecule has 1 aromatic heterocycles. The monoisotopic (exact) mass is 392 g/mol. The predicted molar refractivity (Wildman–Crippen MR) is 115 cm³/mol. The number of carbonyl (C=O) groups is 1. The minimum atomic E-state index is -0.0605. The molecule has 3 aliphatic rings. The highest BCUT2D eigenvalue weighted by Gasteiger charge is 2.32. The van der Waals surface area contributed by atoms with Crippen molar-refractivity contribution in [3.8, 4) is 0 Å². The van der Waals surface area contributed by atoms with Gasteiger partial charge in [0.1, 0.15) is 17.7 Å². The molecule has 2 aliphatic heterocycles. The van der Waals surface area contributed by atoms with E-state index < -0.39 is 0 Å². The van der Waals surface area contributed by atoms with E-state index in [0.717, 1.165) is 35.8 Å². The Kier molecular flexibility index (Phi) is 5.53. The molecule has 0 fully saturated rings. The number of aromatic nitrogens is 1. The van der Waals surface area contributed by atoms with Gasteiger partial charge in [-0.25, -0.2) is 4.98 Å². The first-order valence-electron chi connectivity index (χ1n) is 10.1. The molecular weight excluding hydrogens is 364 g/mol. The van der Waals surface area contributed by atoms with Crippen LogP contribution in [0.5, 0.6) is 0 Å². The number of hydrogen-bond acceptors (Lipinski definition) is 5. The summed E-state index contributed by atoms with van der Waals surface area (Å²) in [7, 11) is 1.80. The lowest BCUT2D eigenvalue weighted by molar-refractivity contribution is -0.124. The molecule has 0 aromatic carbocycles. The zero-order chi connectivity index (χ0) is 20.4. The molecule has 2 N–H and O–H groups in total. The lowest BCUT2D eigenvalue weighted by Gasteiger charge is -2.18. The van der Waals surface area contributed by atoms with Gasteiger partial charge in [-0.2, -0.15) is 0 Å². The summed E-state index contributed by atoms with van der Waals surface area (Å²) in [6, 6.07) is 2.46. The van der Waals surface area contributed by atoms with Gasteiger partial charge in [0, 0.05) is 49.9 Å². The van der Waals surface area contributed by atoms with Crippen LogP contribution in [0, 0.1) is 5.92 Å². The maximum atomic E-state index is 12.6. The molecular formula is C23H28N4O2. The molecule has 1 aliphatic carbocycles. The highest BCUT2D eigenvalue weighted by Crippen LogP contribution is 2.34. The molecule has 1 aromatic rings. The van der Waals surface area contributed by atoms with E-state index in [2.05, 4.69) is 53.8 Å². The number of pyridine rings is 1. The number of carbonyl (C=O) groups excluding carboxylic acids is 1. The molecule has 3 unspecified atom stereocenters. The van der Waals surface area contributed by atoms with Crippen LogP contribution >= 0.6 is 0 Å². The second kappa shape index (κ2) is 8.25. The zero-order valence-electron chi connectivity index (χ0n) is 17.2. The standard InChI is InChI=1S/C23H28N4O2/c1-15-11-25-23-18(13-24-15)10-17(12-26-23)8-9-22(28)27(3)14-21-16(2)19-6-4-5-7-20(19)29-21/h4-10,12,15,19-20,24H,11,13-14H2,1-3H3,(H,25,26)/b9-8+. The molecule has 0 bridgehead atoms. The van der Waals surface area contributed by atoms with Gasteiger partial charge in [-0.3, -0.25) is 4.79 Å². The lowest BCUT2D eigenvalue weighted by Crippen LogP contribution is -2.29. The Morgan fingerprint density at radius 2 is 2.21 bits per heavy atom. The van der Waals surface area contributed by atoms with Crippen LogP contribution in [0.1, 0.15) is 25.0 Å². The second-order valence-electron chi connectivity index (χ2n) is 7.95. The van der Waals surface area contributed by atoms with Crippen molar-refractivity contribution >= 4 is 17.8 Å². The SMILES string of the molecule is CC1=C(CN(C)C(=O)/C=C/c2cnc3c(c2)CNC(C)CN3)OC2C=CC=CC12. The van der Waals surface area contributed by atoms with E-state index in [9.17, 15) is 4.79 Å². The van der Waals surface area contributed by atoms with Crippen molar-refractivity contribution in [2.24, 2.45) is 5.92 Å². The summed E-state index contributed by atoms with van der Waals surface area (Å²) in [6.07, 6.45) is 13.6. The maximum absolute atomic E-state index is 12.6. The highest BCUT2D eigenvalue weighted by molar-refractivity contribution is 5.91. The van der Waals surface area contributed by atoms with E-state index in [1.807, 2.05) is 12.2 Å². The molecule has 6 heteroatoms. The number of hydrogen-bond donors (Lipinski definition) is 2. The van der Waals surface area contributed by atoms with Crippen LogP contribution in [-0.2, 0) is 16.1 Å². The van der Waals surface area contributed by atoms with Crippen molar-refractivity contribution in [1.82, 2.24) is 15.2 Å². The number of likely N-dealkylation sites (N-methyl/N-ethyl adjacent to an activating group) is 1. The number of amides is 1. The third kappa shape index (κ3) is 4.27.